The molecule has 0 aliphatic carbocycles. The molecule has 0 saturated carbocycles. The van der Waals surface area contributed by atoms with Crippen molar-refractivity contribution in [1.29, 1.82) is 5.26 Å². The van der Waals surface area contributed by atoms with Gasteiger partial charge in [-0.05, 0) is 49.2 Å². The lowest BCUT2D eigenvalue weighted by Gasteiger charge is -2.13. The van der Waals surface area contributed by atoms with Crippen LogP contribution >= 0.6 is 0 Å². The number of carbonyl (C=O) groups is 2. The van der Waals surface area contributed by atoms with Crippen LogP contribution in [0.1, 0.15) is 18.9 Å². The van der Waals surface area contributed by atoms with Gasteiger partial charge in [0.1, 0.15) is 11.6 Å². The molecule has 2 aromatic carbocycles. The van der Waals surface area contributed by atoms with Gasteiger partial charge in [-0.2, -0.15) is 5.26 Å². The molecule has 168 valence electrons. The lowest BCUT2D eigenvalue weighted by molar-refractivity contribution is -0.118. The third kappa shape index (κ3) is 8.13. The number of carbonyl (C=O) groups excluding carboxylic acids is 2. The Balaban J connectivity index is 2.05. The first-order valence-corrected chi connectivity index (χ1v) is 10.2. The van der Waals surface area contributed by atoms with Crippen molar-refractivity contribution < 1.29 is 23.8 Å². The minimum atomic E-state index is -0.459. The third-order valence-electron chi connectivity index (χ3n) is 4.17. The van der Waals surface area contributed by atoms with Gasteiger partial charge in [-0.15, -0.1) is 0 Å². The molecule has 0 unspecified atom stereocenters. The summed E-state index contributed by atoms with van der Waals surface area (Å²) in [6.07, 6.45) is 2.12. The second kappa shape index (κ2) is 13.5. The fraction of sp³-hybridized carbons (Fsp3) is 0.292. The number of hydrogen-bond acceptors (Lipinski definition) is 6. The highest BCUT2D eigenvalue weighted by Gasteiger charge is 2.12. The molecule has 0 radical (unpaired) electrons. The van der Waals surface area contributed by atoms with Gasteiger partial charge in [-0.1, -0.05) is 24.3 Å². The number of benzene rings is 2. The summed E-state index contributed by atoms with van der Waals surface area (Å²) in [6.45, 7) is 2.94. The highest BCUT2D eigenvalue weighted by molar-refractivity contribution is 6.01. The second-order valence-corrected chi connectivity index (χ2v) is 6.61. The Hall–Kier alpha value is -3.83. The van der Waals surface area contributed by atoms with Crippen LogP contribution in [0, 0.1) is 11.3 Å². The van der Waals surface area contributed by atoms with E-state index < -0.39 is 5.91 Å². The van der Waals surface area contributed by atoms with E-state index in [1.807, 2.05) is 31.2 Å². The van der Waals surface area contributed by atoms with Gasteiger partial charge in [0.05, 0.1) is 6.61 Å². The predicted molar refractivity (Wildman–Crippen MR) is 121 cm³/mol. The van der Waals surface area contributed by atoms with E-state index in [1.165, 1.54) is 6.08 Å². The average Bonchev–Trinajstić information content (AvgIpc) is 2.80. The zero-order chi connectivity index (χ0) is 23.2. The summed E-state index contributed by atoms with van der Waals surface area (Å²) < 4.78 is 16.2. The molecular formula is C24H27N3O5. The highest BCUT2D eigenvalue weighted by Crippen LogP contribution is 2.29. The Morgan fingerprint density at radius 1 is 1.09 bits per heavy atom. The molecule has 0 aromatic heterocycles. The Kier molecular flexibility index (Phi) is 10.3. The number of methoxy groups -OCH3 is 1. The van der Waals surface area contributed by atoms with Gasteiger partial charge in [0.2, 0.25) is 0 Å². The Bertz CT molecular complexity index is 967. The van der Waals surface area contributed by atoms with Crippen molar-refractivity contribution >= 4 is 23.6 Å². The van der Waals surface area contributed by atoms with Crippen LogP contribution in [0.3, 0.4) is 0 Å². The quantitative estimate of drug-likeness (QED) is 0.300. The van der Waals surface area contributed by atoms with Crippen LogP contribution in [0.5, 0.6) is 11.5 Å². The molecule has 0 heterocycles. The lowest BCUT2D eigenvalue weighted by Crippen LogP contribution is -2.26. The van der Waals surface area contributed by atoms with E-state index in [9.17, 15) is 14.9 Å². The number of para-hydroxylation sites is 1. The van der Waals surface area contributed by atoms with Crippen LogP contribution in [0.4, 0.5) is 5.69 Å². The number of nitrogens with zero attached hydrogens (tertiary/aromatic N) is 1. The first kappa shape index (κ1) is 24.4. The van der Waals surface area contributed by atoms with Crippen LogP contribution in [0.2, 0.25) is 0 Å². The molecule has 0 spiro atoms. The smallest absolute Gasteiger partial charge is 0.262 e. The van der Waals surface area contributed by atoms with Crippen molar-refractivity contribution in [2.24, 2.45) is 0 Å². The van der Waals surface area contributed by atoms with Crippen molar-refractivity contribution in [3.05, 3.63) is 59.7 Å². The third-order valence-corrected chi connectivity index (χ3v) is 4.17. The predicted octanol–water partition coefficient (Wildman–Crippen LogP) is 3.16. The maximum Gasteiger partial charge on any atom is 0.262 e. The molecule has 8 nitrogen and oxygen atoms in total. The minimum absolute atomic E-state index is 0.0271. The molecule has 32 heavy (non-hydrogen) atoms. The van der Waals surface area contributed by atoms with Gasteiger partial charge in [-0.25, -0.2) is 0 Å². The number of amides is 2. The maximum atomic E-state index is 12.2. The molecular weight excluding hydrogens is 410 g/mol. The van der Waals surface area contributed by atoms with Gasteiger partial charge in [-0.3, -0.25) is 9.59 Å². The van der Waals surface area contributed by atoms with Crippen molar-refractivity contribution in [3.63, 3.8) is 0 Å². The summed E-state index contributed by atoms with van der Waals surface area (Å²) in [7, 11) is 1.58. The standard InChI is InChI=1S/C24H27N3O5/c1-3-31-22-15-18(14-19(16-25)24(29)26-12-7-13-30-2)10-11-21(22)32-17-23(28)27-20-8-5-4-6-9-20/h4-6,8-11,14-15H,3,7,12-13,17H2,1-2H3,(H,26,29)(H,27,28). The molecule has 8 heteroatoms. The van der Waals surface area contributed by atoms with E-state index in [-0.39, 0.29) is 18.1 Å². The molecule has 0 atom stereocenters. The Labute approximate surface area is 187 Å². The highest BCUT2D eigenvalue weighted by atomic mass is 16.5. The lowest BCUT2D eigenvalue weighted by atomic mass is 10.1. The molecule has 0 saturated heterocycles. The van der Waals surface area contributed by atoms with Crippen molar-refractivity contribution in [1.82, 2.24) is 5.32 Å². The van der Waals surface area contributed by atoms with Crippen LogP contribution < -0.4 is 20.1 Å². The van der Waals surface area contributed by atoms with E-state index >= 15 is 0 Å². The van der Waals surface area contributed by atoms with Gasteiger partial charge < -0.3 is 24.8 Å². The van der Waals surface area contributed by atoms with Gasteiger partial charge in [0, 0.05) is 25.9 Å². The number of hydrogen-bond donors (Lipinski definition) is 2. The number of nitriles is 1. The number of rotatable bonds is 12. The number of nitrogens with one attached hydrogen (secondary N) is 2. The van der Waals surface area contributed by atoms with Gasteiger partial charge in [0.25, 0.3) is 11.8 Å². The van der Waals surface area contributed by atoms with Crippen LogP contribution in [0.15, 0.2) is 54.1 Å². The van der Waals surface area contributed by atoms with Crippen molar-refractivity contribution in [3.8, 4) is 17.6 Å². The normalized spacial score (nSPS) is 10.7. The molecule has 0 aliphatic rings. The largest absolute Gasteiger partial charge is 0.490 e. The second-order valence-electron chi connectivity index (χ2n) is 6.61. The van der Waals surface area contributed by atoms with E-state index in [1.54, 1.807) is 37.4 Å². The zero-order valence-electron chi connectivity index (χ0n) is 18.2. The van der Waals surface area contributed by atoms with E-state index in [2.05, 4.69) is 10.6 Å². The van der Waals surface area contributed by atoms with E-state index in [0.717, 1.165) is 0 Å². The van der Waals surface area contributed by atoms with Crippen LogP contribution in [-0.4, -0.2) is 45.3 Å². The summed E-state index contributed by atoms with van der Waals surface area (Å²) in [4.78, 5) is 24.3. The maximum absolute atomic E-state index is 12.2. The monoisotopic (exact) mass is 437 g/mol. The Morgan fingerprint density at radius 2 is 1.88 bits per heavy atom. The van der Waals surface area contributed by atoms with E-state index in [0.29, 0.717) is 48.9 Å². The van der Waals surface area contributed by atoms with Crippen molar-refractivity contribution in [2.45, 2.75) is 13.3 Å². The minimum Gasteiger partial charge on any atom is -0.490 e. The Morgan fingerprint density at radius 3 is 2.56 bits per heavy atom. The SMILES string of the molecule is CCOc1cc(C=C(C#N)C(=O)NCCCOC)ccc1OCC(=O)Nc1ccccc1. The van der Waals surface area contributed by atoms with Gasteiger partial charge in [0.15, 0.2) is 18.1 Å². The molecule has 0 fully saturated rings. The fourth-order valence-electron chi connectivity index (χ4n) is 2.69. The molecule has 2 N–H and O–H groups in total. The summed E-state index contributed by atoms with van der Waals surface area (Å²) in [5.41, 5.74) is 1.25. The average molecular weight is 437 g/mol. The molecule has 2 rings (SSSR count). The fourth-order valence-corrected chi connectivity index (χ4v) is 2.69. The van der Waals surface area contributed by atoms with Gasteiger partial charge >= 0.3 is 0 Å². The number of anilines is 1. The van der Waals surface area contributed by atoms with E-state index in [4.69, 9.17) is 14.2 Å². The topological polar surface area (TPSA) is 110 Å². The first-order valence-electron chi connectivity index (χ1n) is 10.2. The molecule has 0 aliphatic heterocycles. The molecule has 2 aromatic rings. The zero-order valence-corrected chi connectivity index (χ0v) is 18.2. The molecule has 2 amide bonds. The summed E-state index contributed by atoms with van der Waals surface area (Å²) in [5, 5.41) is 14.8. The summed E-state index contributed by atoms with van der Waals surface area (Å²) in [6, 6.07) is 16.0. The summed E-state index contributed by atoms with van der Waals surface area (Å²) in [5.74, 6) is 0.0281. The van der Waals surface area contributed by atoms with Crippen LogP contribution in [0.25, 0.3) is 6.08 Å². The first-order chi connectivity index (χ1) is 15.6. The van der Waals surface area contributed by atoms with Crippen LogP contribution in [-0.2, 0) is 14.3 Å². The molecule has 0 bridgehead atoms. The summed E-state index contributed by atoms with van der Waals surface area (Å²) >= 11 is 0. The number of ether oxygens (including phenoxy) is 3. The van der Waals surface area contributed by atoms with Crippen molar-refractivity contribution in [2.75, 3.05) is 38.8 Å².